The summed E-state index contributed by atoms with van der Waals surface area (Å²) in [6.07, 6.45) is 8.71. The molecule has 2 N–H and O–H groups in total. The van der Waals surface area contributed by atoms with Gasteiger partial charge in [-0.3, -0.25) is 20.3 Å². The molecular weight excluding hydrogens is 520 g/mol. The molecular formula is C28H34N4O6S. The minimum atomic E-state index is -4.11. The highest BCUT2D eigenvalue weighted by molar-refractivity contribution is 7.92. The number of nitrogens with one attached hydrogen (secondary N) is 2. The highest BCUT2D eigenvalue weighted by atomic mass is 32.2. The average molecular weight is 555 g/mol. The molecule has 0 aliphatic carbocycles. The zero-order valence-corrected chi connectivity index (χ0v) is 22.9. The van der Waals surface area contributed by atoms with Gasteiger partial charge in [0.25, 0.3) is 15.7 Å². The number of hydrazone groups is 1. The number of benzene rings is 3. The van der Waals surface area contributed by atoms with Gasteiger partial charge in [-0.25, -0.2) is 8.42 Å². The van der Waals surface area contributed by atoms with Gasteiger partial charge in [-0.2, -0.15) is 5.10 Å². The third-order valence-corrected chi connectivity index (χ3v) is 7.24. The average Bonchev–Trinajstić information content (AvgIpc) is 2.93. The van der Waals surface area contributed by atoms with E-state index in [9.17, 15) is 18.5 Å². The second-order valence-corrected chi connectivity index (χ2v) is 10.5. The van der Waals surface area contributed by atoms with Gasteiger partial charge in [0.05, 0.1) is 35.4 Å². The van der Waals surface area contributed by atoms with Crippen molar-refractivity contribution in [2.24, 2.45) is 5.10 Å². The normalized spacial score (nSPS) is 11.3. The van der Waals surface area contributed by atoms with Crippen molar-refractivity contribution in [3.8, 4) is 11.5 Å². The van der Waals surface area contributed by atoms with E-state index in [2.05, 4.69) is 22.2 Å². The number of nitro groups is 1. The van der Waals surface area contributed by atoms with Gasteiger partial charge in [-0.1, -0.05) is 51.2 Å². The molecule has 0 heterocycles. The van der Waals surface area contributed by atoms with Crippen molar-refractivity contribution < 1.29 is 22.8 Å². The van der Waals surface area contributed by atoms with Crippen molar-refractivity contribution >= 4 is 33.3 Å². The van der Waals surface area contributed by atoms with Crippen molar-refractivity contribution in [1.29, 1.82) is 0 Å². The van der Waals surface area contributed by atoms with E-state index in [1.807, 2.05) is 24.3 Å². The minimum absolute atomic E-state index is 0.0476. The lowest BCUT2D eigenvalue weighted by molar-refractivity contribution is -0.384. The zero-order valence-electron chi connectivity index (χ0n) is 22.1. The van der Waals surface area contributed by atoms with E-state index in [-0.39, 0.29) is 16.3 Å². The Kier molecular flexibility index (Phi) is 11.1. The lowest BCUT2D eigenvalue weighted by Crippen LogP contribution is -2.14. The Bertz CT molecular complexity index is 1360. The molecule has 10 nitrogen and oxygen atoms in total. The van der Waals surface area contributed by atoms with Crippen LogP contribution >= 0.6 is 0 Å². The van der Waals surface area contributed by atoms with Gasteiger partial charge in [0.2, 0.25) is 0 Å². The van der Waals surface area contributed by atoms with Crippen LogP contribution in [0.15, 0.2) is 76.7 Å². The molecule has 0 radical (unpaired) electrons. The van der Waals surface area contributed by atoms with Crippen LogP contribution in [0.5, 0.6) is 11.5 Å². The Morgan fingerprint density at radius 2 is 1.67 bits per heavy atom. The first-order valence-electron chi connectivity index (χ1n) is 12.8. The second kappa shape index (κ2) is 14.7. The first-order valence-corrected chi connectivity index (χ1v) is 14.3. The number of sulfonamides is 1. The van der Waals surface area contributed by atoms with Crippen LogP contribution in [-0.2, 0) is 10.0 Å². The SMILES string of the molecule is CCCCCCCCOc1ccc(/C=N\Nc2ccc(S(=O)(=O)Nc3ccccc3OC)cc2[N+](=O)[O-])cc1. The Labute approximate surface area is 229 Å². The van der Waals surface area contributed by atoms with E-state index in [4.69, 9.17) is 9.47 Å². The van der Waals surface area contributed by atoms with E-state index in [1.165, 1.54) is 57.2 Å². The fourth-order valence-electron chi connectivity index (χ4n) is 3.76. The highest BCUT2D eigenvalue weighted by Gasteiger charge is 2.22. The van der Waals surface area contributed by atoms with Crippen LogP contribution in [0.4, 0.5) is 17.1 Å². The van der Waals surface area contributed by atoms with Crippen LogP contribution in [-0.4, -0.2) is 33.3 Å². The number of methoxy groups -OCH3 is 1. The molecule has 0 spiro atoms. The lowest BCUT2D eigenvalue weighted by Gasteiger charge is -2.12. The lowest BCUT2D eigenvalue weighted by atomic mass is 10.1. The maximum Gasteiger partial charge on any atom is 0.295 e. The Morgan fingerprint density at radius 1 is 0.949 bits per heavy atom. The summed E-state index contributed by atoms with van der Waals surface area (Å²) >= 11 is 0. The minimum Gasteiger partial charge on any atom is -0.495 e. The molecule has 3 aromatic rings. The van der Waals surface area contributed by atoms with E-state index in [0.29, 0.717) is 12.4 Å². The first-order chi connectivity index (χ1) is 18.8. The number of para-hydroxylation sites is 2. The molecule has 0 amide bonds. The number of hydrogen-bond donors (Lipinski definition) is 2. The number of anilines is 2. The summed E-state index contributed by atoms with van der Waals surface area (Å²) in [6, 6.07) is 17.4. The predicted octanol–water partition coefficient (Wildman–Crippen LogP) is 6.59. The molecule has 0 saturated carbocycles. The van der Waals surface area contributed by atoms with Crippen molar-refractivity contribution in [3.63, 3.8) is 0 Å². The van der Waals surface area contributed by atoms with E-state index in [0.717, 1.165) is 30.2 Å². The molecule has 0 saturated heterocycles. The van der Waals surface area contributed by atoms with Crippen LogP contribution in [0.2, 0.25) is 0 Å². The van der Waals surface area contributed by atoms with Crippen LogP contribution in [0.3, 0.4) is 0 Å². The summed E-state index contributed by atoms with van der Waals surface area (Å²) < 4.78 is 39.1. The summed E-state index contributed by atoms with van der Waals surface area (Å²) in [7, 11) is -2.70. The molecule has 0 aliphatic rings. The molecule has 0 aliphatic heterocycles. The third kappa shape index (κ3) is 8.99. The molecule has 0 fully saturated rings. The zero-order chi connectivity index (χ0) is 28.1. The molecule has 11 heteroatoms. The summed E-state index contributed by atoms with van der Waals surface area (Å²) in [5.41, 5.74) is 3.22. The predicted molar refractivity (Wildman–Crippen MR) is 153 cm³/mol. The molecule has 39 heavy (non-hydrogen) atoms. The summed E-state index contributed by atoms with van der Waals surface area (Å²) in [5, 5.41) is 15.7. The van der Waals surface area contributed by atoms with Gasteiger partial charge in [0.15, 0.2) is 0 Å². The second-order valence-electron chi connectivity index (χ2n) is 8.80. The Morgan fingerprint density at radius 3 is 2.38 bits per heavy atom. The van der Waals surface area contributed by atoms with Gasteiger partial charge in [0.1, 0.15) is 17.2 Å². The van der Waals surface area contributed by atoms with Crippen molar-refractivity contribution in [3.05, 3.63) is 82.4 Å². The quantitative estimate of drug-likeness (QED) is 0.0883. The Hall–Kier alpha value is -4.12. The van der Waals surface area contributed by atoms with Crippen molar-refractivity contribution in [2.75, 3.05) is 23.9 Å². The molecule has 208 valence electrons. The van der Waals surface area contributed by atoms with Crippen molar-refractivity contribution in [2.45, 2.75) is 50.3 Å². The maximum atomic E-state index is 12.9. The van der Waals surface area contributed by atoms with E-state index < -0.39 is 20.6 Å². The molecule has 0 unspecified atom stereocenters. The van der Waals surface area contributed by atoms with Crippen LogP contribution in [0, 0.1) is 10.1 Å². The van der Waals surface area contributed by atoms with Crippen LogP contribution < -0.4 is 19.6 Å². The van der Waals surface area contributed by atoms with Crippen LogP contribution in [0.25, 0.3) is 0 Å². The number of nitrogens with zero attached hydrogens (tertiary/aromatic N) is 2. The number of hydrogen-bond acceptors (Lipinski definition) is 8. The maximum absolute atomic E-state index is 12.9. The third-order valence-electron chi connectivity index (χ3n) is 5.87. The van der Waals surface area contributed by atoms with Gasteiger partial charge < -0.3 is 9.47 Å². The number of unbranched alkanes of at least 4 members (excludes halogenated alkanes) is 5. The standard InChI is InChI=1S/C28H34N4O6S/c1-3-4-5-6-7-10-19-38-23-15-13-22(14-16-23)21-29-30-25-18-17-24(20-27(25)32(33)34)39(35,36)31-26-11-8-9-12-28(26)37-2/h8-9,11-18,20-21,30-31H,3-7,10,19H2,1-2H3/b29-21-. The molecule has 3 rings (SSSR count). The van der Waals surface area contributed by atoms with Gasteiger partial charge in [-0.05, 0) is 60.5 Å². The topological polar surface area (TPSA) is 132 Å². The first kappa shape index (κ1) is 29.4. The van der Waals surface area contributed by atoms with Gasteiger partial charge in [0, 0.05) is 6.07 Å². The number of ether oxygens (including phenoxy) is 2. The number of nitro benzene ring substituents is 1. The smallest absolute Gasteiger partial charge is 0.295 e. The van der Waals surface area contributed by atoms with Gasteiger partial charge >= 0.3 is 0 Å². The summed E-state index contributed by atoms with van der Waals surface area (Å²) in [4.78, 5) is 10.7. The largest absolute Gasteiger partial charge is 0.495 e. The molecule has 0 bridgehead atoms. The fourth-order valence-corrected chi connectivity index (χ4v) is 4.85. The van der Waals surface area contributed by atoms with E-state index in [1.54, 1.807) is 18.2 Å². The molecule has 0 aromatic heterocycles. The highest BCUT2D eigenvalue weighted by Crippen LogP contribution is 2.30. The number of rotatable bonds is 16. The summed E-state index contributed by atoms with van der Waals surface area (Å²) in [6.45, 7) is 2.87. The van der Waals surface area contributed by atoms with Crippen LogP contribution in [0.1, 0.15) is 51.0 Å². The summed E-state index contributed by atoms with van der Waals surface area (Å²) in [5.74, 6) is 1.09. The van der Waals surface area contributed by atoms with E-state index >= 15 is 0 Å². The van der Waals surface area contributed by atoms with Crippen molar-refractivity contribution in [1.82, 2.24) is 0 Å². The molecule has 0 atom stereocenters. The molecule has 3 aromatic carbocycles. The van der Waals surface area contributed by atoms with Gasteiger partial charge in [-0.15, -0.1) is 0 Å². The Balaban J connectivity index is 1.60. The fraction of sp³-hybridized carbons (Fsp3) is 0.321. The monoisotopic (exact) mass is 554 g/mol.